The minimum atomic E-state index is -1.22. The second-order valence-electron chi connectivity index (χ2n) is 3.03. The van der Waals surface area contributed by atoms with E-state index in [0.29, 0.717) is 5.56 Å². The number of carbonyl (C=O) groups excluding carboxylic acids is 1. The Hall–Kier alpha value is -2.70. The summed E-state index contributed by atoms with van der Waals surface area (Å²) in [5.41, 5.74) is 0.102. The Labute approximate surface area is 95.1 Å². The second-order valence-corrected chi connectivity index (χ2v) is 3.03. The molecule has 2 heterocycles. The molecule has 2 rings (SSSR count). The summed E-state index contributed by atoms with van der Waals surface area (Å²) in [6, 6.07) is 2.86. The van der Waals surface area contributed by atoms with E-state index in [9.17, 15) is 9.59 Å². The molecular formula is C10H7N3O4. The van der Waals surface area contributed by atoms with Gasteiger partial charge >= 0.3 is 12.0 Å². The number of anilines is 1. The molecule has 86 valence electrons. The molecule has 0 bridgehead atoms. The molecule has 1 amide bonds. The van der Waals surface area contributed by atoms with Crippen LogP contribution in [0.1, 0.15) is 20.8 Å². The molecule has 0 saturated carbocycles. The van der Waals surface area contributed by atoms with Crippen molar-refractivity contribution in [3.63, 3.8) is 0 Å². The van der Waals surface area contributed by atoms with Gasteiger partial charge in [-0.1, -0.05) is 0 Å². The fraction of sp³-hybridized carbons (Fsp3) is 0. The van der Waals surface area contributed by atoms with Gasteiger partial charge in [0.05, 0.1) is 0 Å². The number of carboxylic acid groups (broad SMARTS) is 1. The zero-order valence-electron chi connectivity index (χ0n) is 8.45. The highest BCUT2D eigenvalue weighted by Gasteiger charge is 2.13. The quantitative estimate of drug-likeness (QED) is 0.819. The normalized spacial score (nSPS) is 9.88. The first-order chi connectivity index (χ1) is 8.16. The lowest BCUT2D eigenvalue weighted by Crippen LogP contribution is -2.12. The van der Waals surface area contributed by atoms with Crippen molar-refractivity contribution < 1.29 is 19.1 Å². The van der Waals surface area contributed by atoms with Gasteiger partial charge in [-0.15, -0.1) is 0 Å². The first-order valence-corrected chi connectivity index (χ1v) is 4.57. The number of amides is 1. The highest BCUT2D eigenvalue weighted by Crippen LogP contribution is 2.09. The summed E-state index contributed by atoms with van der Waals surface area (Å²) in [5.74, 6) is -1.68. The number of carboxylic acids is 1. The van der Waals surface area contributed by atoms with E-state index in [4.69, 9.17) is 9.52 Å². The molecule has 2 aromatic rings. The Morgan fingerprint density at radius 2 is 2.00 bits per heavy atom. The van der Waals surface area contributed by atoms with Crippen LogP contribution in [0.3, 0.4) is 0 Å². The van der Waals surface area contributed by atoms with Gasteiger partial charge in [-0.05, 0) is 12.1 Å². The molecular weight excluding hydrogens is 226 g/mol. The third-order valence-electron chi connectivity index (χ3n) is 1.89. The van der Waals surface area contributed by atoms with Gasteiger partial charge in [-0.2, -0.15) is 4.98 Å². The van der Waals surface area contributed by atoms with E-state index in [1.54, 1.807) is 0 Å². The number of carbonyl (C=O) groups is 2. The topological polar surface area (TPSA) is 105 Å². The van der Waals surface area contributed by atoms with Crippen LogP contribution in [0.5, 0.6) is 0 Å². The van der Waals surface area contributed by atoms with Crippen molar-refractivity contribution in [2.75, 3.05) is 5.32 Å². The molecule has 0 aliphatic heterocycles. The minimum absolute atomic E-state index is 0.163. The number of oxazole rings is 1. The van der Waals surface area contributed by atoms with Gasteiger partial charge in [0.15, 0.2) is 5.69 Å². The fourth-order valence-corrected chi connectivity index (χ4v) is 1.10. The van der Waals surface area contributed by atoms with Crippen LogP contribution in [0.25, 0.3) is 0 Å². The van der Waals surface area contributed by atoms with E-state index in [1.807, 2.05) is 0 Å². The predicted molar refractivity (Wildman–Crippen MR) is 55.7 cm³/mol. The van der Waals surface area contributed by atoms with Gasteiger partial charge in [0, 0.05) is 18.0 Å². The van der Waals surface area contributed by atoms with Gasteiger partial charge in [-0.25, -0.2) is 4.79 Å². The Kier molecular flexibility index (Phi) is 2.82. The summed E-state index contributed by atoms with van der Waals surface area (Å²) in [7, 11) is 0. The van der Waals surface area contributed by atoms with Crippen molar-refractivity contribution in [3.8, 4) is 0 Å². The van der Waals surface area contributed by atoms with E-state index in [2.05, 4.69) is 15.3 Å². The number of nitrogens with one attached hydrogen (secondary N) is 1. The number of rotatable bonds is 3. The molecule has 0 aliphatic carbocycles. The molecule has 7 nitrogen and oxygen atoms in total. The summed E-state index contributed by atoms with van der Waals surface area (Å²) in [6.07, 6.45) is 3.88. The minimum Gasteiger partial charge on any atom is -0.476 e. The molecule has 17 heavy (non-hydrogen) atoms. The fourth-order valence-electron chi connectivity index (χ4n) is 1.10. The largest absolute Gasteiger partial charge is 0.476 e. The molecule has 0 spiro atoms. The van der Waals surface area contributed by atoms with Crippen LogP contribution in [0, 0.1) is 0 Å². The van der Waals surface area contributed by atoms with Crippen molar-refractivity contribution in [2.45, 2.75) is 0 Å². The molecule has 0 aromatic carbocycles. The van der Waals surface area contributed by atoms with Crippen LogP contribution in [-0.4, -0.2) is 27.0 Å². The highest BCUT2D eigenvalue weighted by atomic mass is 16.4. The average molecular weight is 233 g/mol. The lowest BCUT2D eigenvalue weighted by Gasteiger charge is -1.99. The van der Waals surface area contributed by atoms with E-state index in [-0.39, 0.29) is 11.7 Å². The zero-order chi connectivity index (χ0) is 12.3. The van der Waals surface area contributed by atoms with Gasteiger partial charge in [0.25, 0.3) is 5.91 Å². The zero-order valence-corrected chi connectivity index (χ0v) is 8.45. The Morgan fingerprint density at radius 3 is 2.59 bits per heavy atom. The molecule has 2 aromatic heterocycles. The summed E-state index contributed by atoms with van der Waals surface area (Å²) in [6.45, 7) is 0. The first-order valence-electron chi connectivity index (χ1n) is 4.57. The summed E-state index contributed by atoms with van der Waals surface area (Å²) in [5, 5.41) is 10.9. The van der Waals surface area contributed by atoms with Crippen LogP contribution < -0.4 is 5.32 Å². The molecule has 0 atom stereocenters. The molecule has 0 saturated heterocycles. The number of nitrogens with zero attached hydrogens (tertiary/aromatic N) is 2. The lowest BCUT2D eigenvalue weighted by molar-refractivity contribution is 0.0690. The smallest absolute Gasteiger partial charge is 0.357 e. The van der Waals surface area contributed by atoms with E-state index in [1.165, 1.54) is 24.5 Å². The molecule has 7 heteroatoms. The summed E-state index contributed by atoms with van der Waals surface area (Å²) >= 11 is 0. The molecule has 0 radical (unpaired) electrons. The number of hydrogen-bond donors (Lipinski definition) is 2. The lowest BCUT2D eigenvalue weighted by atomic mass is 10.2. The monoisotopic (exact) mass is 233 g/mol. The maximum Gasteiger partial charge on any atom is 0.357 e. The number of aromatic carboxylic acids is 1. The standard InChI is InChI=1S/C10H7N3O4/c14-8(6-1-3-11-4-2-6)13-10-12-7(5-17-10)9(15)16/h1-5H,(H,15,16)(H,12,13,14). The maximum absolute atomic E-state index is 11.6. The van der Waals surface area contributed by atoms with Crippen LogP contribution in [-0.2, 0) is 0 Å². The third-order valence-corrected chi connectivity index (χ3v) is 1.89. The highest BCUT2D eigenvalue weighted by molar-refractivity contribution is 6.03. The predicted octanol–water partition coefficient (Wildman–Crippen LogP) is 1.02. The van der Waals surface area contributed by atoms with Crippen molar-refractivity contribution in [1.82, 2.24) is 9.97 Å². The van der Waals surface area contributed by atoms with E-state index >= 15 is 0 Å². The third kappa shape index (κ3) is 2.46. The Balaban J connectivity index is 2.11. The molecule has 0 unspecified atom stereocenters. The van der Waals surface area contributed by atoms with Gasteiger partial charge in [-0.3, -0.25) is 15.1 Å². The van der Waals surface area contributed by atoms with E-state index < -0.39 is 11.9 Å². The van der Waals surface area contributed by atoms with Crippen LogP contribution in [0.2, 0.25) is 0 Å². The summed E-state index contributed by atoms with van der Waals surface area (Å²) in [4.78, 5) is 29.5. The Bertz CT molecular complexity index is 550. The van der Waals surface area contributed by atoms with Crippen molar-refractivity contribution in [1.29, 1.82) is 0 Å². The SMILES string of the molecule is O=C(Nc1nc(C(=O)O)co1)c1ccncc1. The van der Waals surface area contributed by atoms with Gasteiger partial charge < -0.3 is 9.52 Å². The van der Waals surface area contributed by atoms with Crippen LogP contribution >= 0.6 is 0 Å². The number of hydrogen-bond acceptors (Lipinski definition) is 5. The Morgan fingerprint density at radius 1 is 1.29 bits per heavy atom. The van der Waals surface area contributed by atoms with Gasteiger partial charge in [0.2, 0.25) is 0 Å². The van der Waals surface area contributed by atoms with E-state index in [0.717, 1.165) is 6.26 Å². The second kappa shape index (κ2) is 4.44. The number of aromatic nitrogens is 2. The summed E-state index contributed by atoms with van der Waals surface area (Å²) < 4.78 is 4.78. The maximum atomic E-state index is 11.6. The van der Waals surface area contributed by atoms with Crippen LogP contribution in [0.4, 0.5) is 6.01 Å². The molecule has 2 N–H and O–H groups in total. The van der Waals surface area contributed by atoms with Gasteiger partial charge in [0.1, 0.15) is 6.26 Å². The van der Waals surface area contributed by atoms with Crippen molar-refractivity contribution >= 4 is 17.9 Å². The molecule has 0 aliphatic rings. The van der Waals surface area contributed by atoms with Crippen LogP contribution in [0.15, 0.2) is 35.2 Å². The average Bonchev–Trinajstić information content (AvgIpc) is 2.79. The molecule has 0 fully saturated rings. The van der Waals surface area contributed by atoms with Crippen molar-refractivity contribution in [3.05, 3.63) is 42.0 Å². The van der Waals surface area contributed by atoms with Crippen molar-refractivity contribution in [2.24, 2.45) is 0 Å². The number of pyridine rings is 1. The first kappa shape index (κ1) is 10.8.